The summed E-state index contributed by atoms with van der Waals surface area (Å²) in [7, 11) is 5.10. The molecule has 2 aliphatic heterocycles. The Morgan fingerprint density at radius 1 is 0.878 bits per heavy atom. The number of anilines is 4. The van der Waals surface area contributed by atoms with Crippen molar-refractivity contribution in [2.75, 3.05) is 67.1 Å². The molecule has 0 radical (unpaired) electrons. The first-order chi connectivity index (χ1) is 24.0. The second-order valence-corrected chi connectivity index (χ2v) is 11.8. The molecule has 2 aromatic carbocycles. The number of fused-ring (bicyclic) bond motifs is 1. The number of amides is 2. The third-order valence-corrected chi connectivity index (χ3v) is 8.67. The second kappa shape index (κ2) is 14.2. The summed E-state index contributed by atoms with van der Waals surface area (Å²) in [5, 5.41) is 7.11. The molecule has 1 saturated heterocycles. The van der Waals surface area contributed by atoms with E-state index in [9.17, 15) is 4.79 Å². The fraction of sp³-hybridized carbons (Fsp3) is 0.314. The SMILES string of the molecule is COc1ccc(CN(Cc2ccc(OC)cc2)c2ncc(-c3nc(N4CCOCC4)nc4c3CCN4C(=O)Nc3ccnn3C)cn2)cc1. The molecule has 0 aliphatic carbocycles. The van der Waals surface area contributed by atoms with Crippen LogP contribution in [0.1, 0.15) is 16.7 Å². The molecule has 3 aromatic heterocycles. The molecule has 2 amide bonds. The molecule has 5 heterocycles. The molecule has 7 rings (SSSR count). The molecule has 252 valence electrons. The Hall–Kier alpha value is -5.76. The van der Waals surface area contributed by atoms with Crippen LogP contribution in [0.3, 0.4) is 0 Å². The van der Waals surface area contributed by atoms with Gasteiger partial charge in [-0.15, -0.1) is 0 Å². The standard InChI is InChI=1S/C35H38N10O4/c1-42-30(12-14-38-42)39-35(46)45-15-13-29-31(40-34(41-32(29)45)43-16-18-49-19-17-43)26-20-36-33(37-21-26)44(22-24-4-8-27(47-2)9-5-24)23-25-6-10-28(48-3)11-7-25/h4-12,14,20-21H,13,15-19,22-23H2,1-3H3,(H,39,46). The van der Waals surface area contributed by atoms with Crippen LogP contribution in [0.25, 0.3) is 11.3 Å². The largest absolute Gasteiger partial charge is 0.497 e. The molecule has 49 heavy (non-hydrogen) atoms. The van der Waals surface area contributed by atoms with E-state index in [1.807, 2.05) is 48.5 Å². The first kappa shape index (κ1) is 31.8. The van der Waals surface area contributed by atoms with Crippen LogP contribution in [0.2, 0.25) is 0 Å². The van der Waals surface area contributed by atoms with E-state index < -0.39 is 0 Å². The van der Waals surface area contributed by atoms with Crippen molar-refractivity contribution in [1.29, 1.82) is 0 Å². The maximum atomic E-state index is 13.5. The van der Waals surface area contributed by atoms with E-state index in [0.29, 0.717) is 81.6 Å². The number of nitrogens with one attached hydrogen (secondary N) is 1. The van der Waals surface area contributed by atoms with Crippen molar-refractivity contribution in [2.45, 2.75) is 19.5 Å². The summed E-state index contributed by atoms with van der Waals surface area (Å²) in [6.45, 7) is 4.10. The van der Waals surface area contributed by atoms with E-state index in [-0.39, 0.29) is 6.03 Å². The summed E-state index contributed by atoms with van der Waals surface area (Å²) < 4.78 is 17.9. The van der Waals surface area contributed by atoms with Gasteiger partial charge >= 0.3 is 6.03 Å². The Bertz CT molecular complexity index is 1840. The van der Waals surface area contributed by atoms with Gasteiger partial charge < -0.3 is 24.0 Å². The van der Waals surface area contributed by atoms with Crippen molar-refractivity contribution in [2.24, 2.45) is 7.05 Å². The van der Waals surface area contributed by atoms with Crippen LogP contribution < -0.4 is 29.5 Å². The number of benzene rings is 2. The lowest BCUT2D eigenvalue weighted by Gasteiger charge is -2.28. The lowest BCUT2D eigenvalue weighted by molar-refractivity contribution is 0.122. The molecular formula is C35H38N10O4. The van der Waals surface area contributed by atoms with Gasteiger partial charge in [-0.2, -0.15) is 10.1 Å². The van der Waals surface area contributed by atoms with Gasteiger partial charge in [0.2, 0.25) is 11.9 Å². The van der Waals surface area contributed by atoms with Gasteiger partial charge in [0, 0.05) is 69.4 Å². The number of aromatic nitrogens is 6. The van der Waals surface area contributed by atoms with Gasteiger partial charge in [0.25, 0.3) is 0 Å². The molecule has 2 aliphatic rings. The number of methoxy groups -OCH3 is 2. The highest BCUT2D eigenvalue weighted by molar-refractivity contribution is 6.02. The first-order valence-electron chi connectivity index (χ1n) is 16.1. The number of hydrogen-bond donors (Lipinski definition) is 1. The van der Waals surface area contributed by atoms with Crippen molar-refractivity contribution in [3.8, 4) is 22.8 Å². The Morgan fingerprint density at radius 3 is 2.08 bits per heavy atom. The molecule has 0 unspecified atom stereocenters. The highest BCUT2D eigenvalue weighted by atomic mass is 16.5. The molecule has 14 heteroatoms. The molecule has 1 N–H and O–H groups in total. The van der Waals surface area contributed by atoms with E-state index in [2.05, 4.69) is 20.2 Å². The van der Waals surface area contributed by atoms with Gasteiger partial charge in [0.05, 0.1) is 39.3 Å². The monoisotopic (exact) mass is 662 g/mol. The molecule has 0 atom stereocenters. The lowest BCUT2D eigenvalue weighted by Crippen LogP contribution is -2.38. The fourth-order valence-electron chi connectivity index (χ4n) is 5.97. The number of ether oxygens (including phenoxy) is 3. The predicted octanol–water partition coefficient (Wildman–Crippen LogP) is 4.32. The summed E-state index contributed by atoms with van der Waals surface area (Å²) in [5.74, 6) is 3.89. The van der Waals surface area contributed by atoms with Crippen molar-refractivity contribution in [1.82, 2.24) is 29.7 Å². The molecule has 5 aromatic rings. The Morgan fingerprint density at radius 2 is 1.51 bits per heavy atom. The maximum absolute atomic E-state index is 13.5. The van der Waals surface area contributed by atoms with Crippen LogP contribution in [0.15, 0.2) is 73.2 Å². The number of aryl methyl sites for hydroxylation is 1. The summed E-state index contributed by atoms with van der Waals surface area (Å²) in [6, 6.07) is 17.5. The van der Waals surface area contributed by atoms with Gasteiger partial charge in [-0.3, -0.25) is 14.9 Å². The molecule has 0 spiro atoms. The van der Waals surface area contributed by atoms with Crippen molar-refractivity contribution in [3.63, 3.8) is 0 Å². The topological polar surface area (TPSA) is 136 Å². The minimum atomic E-state index is -0.278. The molecule has 0 saturated carbocycles. The Labute approximate surface area is 284 Å². The highest BCUT2D eigenvalue weighted by Crippen LogP contribution is 2.36. The van der Waals surface area contributed by atoms with Crippen molar-refractivity contribution < 1.29 is 19.0 Å². The van der Waals surface area contributed by atoms with Gasteiger partial charge in [-0.05, 0) is 41.8 Å². The third kappa shape index (κ3) is 6.94. The van der Waals surface area contributed by atoms with Crippen LogP contribution in [-0.4, -0.2) is 82.8 Å². The van der Waals surface area contributed by atoms with E-state index in [0.717, 1.165) is 33.8 Å². The molecule has 14 nitrogen and oxygen atoms in total. The number of morpholine rings is 1. The average molecular weight is 663 g/mol. The quantitative estimate of drug-likeness (QED) is 0.229. The molecule has 1 fully saturated rings. The number of carbonyl (C=O) groups is 1. The zero-order chi connectivity index (χ0) is 33.7. The summed E-state index contributed by atoms with van der Waals surface area (Å²) in [4.78, 5) is 39.0. The zero-order valence-electron chi connectivity index (χ0n) is 27.7. The van der Waals surface area contributed by atoms with Gasteiger partial charge in [-0.1, -0.05) is 24.3 Å². The summed E-state index contributed by atoms with van der Waals surface area (Å²) in [5.41, 5.74) is 4.53. The number of urea groups is 1. The average Bonchev–Trinajstić information content (AvgIpc) is 3.77. The normalized spacial score (nSPS) is 14.0. The van der Waals surface area contributed by atoms with Crippen molar-refractivity contribution >= 4 is 29.6 Å². The van der Waals surface area contributed by atoms with Gasteiger partial charge in [-0.25, -0.2) is 19.7 Å². The van der Waals surface area contributed by atoms with E-state index in [4.69, 9.17) is 34.1 Å². The number of nitrogens with zero attached hydrogens (tertiary/aromatic N) is 9. The molecule has 0 bridgehead atoms. The minimum Gasteiger partial charge on any atom is -0.497 e. The second-order valence-electron chi connectivity index (χ2n) is 11.8. The van der Waals surface area contributed by atoms with E-state index in [1.165, 1.54) is 0 Å². The minimum absolute atomic E-state index is 0.278. The maximum Gasteiger partial charge on any atom is 0.328 e. The highest BCUT2D eigenvalue weighted by Gasteiger charge is 2.32. The predicted molar refractivity (Wildman–Crippen MR) is 185 cm³/mol. The smallest absolute Gasteiger partial charge is 0.328 e. The van der Waals surface area contributed by atoms with Crippen LogP contribution in [0, 0.1) is 0 Å². The summed E-state index contributed by atoms with van der Waals surface area (Å²) >= 11 is 0. The van der Waals surface area contributed by atoms with Crippen molar-refractivity contribution in [3.05, 3.63) is 89.9 Å². The van der Waals surface area contributed by atoms with Crippen LogP contribution in [-0.2, 0) is 31.3 Å². The number of hydrogen-bond acceptors (Lipinski definition) is 11. The van der Waals surface area contributed by atoms with Crippen LogP contribution >= 0.6 is 0 Å². The Balaban J connectivity index is 1.21. The summed E-state index contributed by atoms with van der Waals surface area (Å²) in [6.07, 6.45) is 5.85. The van der Waals surface area contributed by atoms with E-state index >= 15 is 0 Å². The molecular weight excluding hydrogens is 624 g/mol. The number of carbonyl (C=O) groups excluding carboxylic acids is 1. The third-order valence-electron chi connectivity index (χ3n) is 8.67. The van der Waals surface area contributed by atoms with Crippen LogP contribution in [0.4, 0.5) is 28.3 Å². The van der Waals surface area contributed by atoms with E-state index in [1.54, 1.807) is 55.5 Å². The Kier molecular flexibility index (Phi) is 9.19. The zero-order valence-corrected chi connectivity index (χ0v) is 27.7. The lowest BCUT2D eigenvalue weighted by atomic mass is 10.1. The van der Waals surface area contributed by atoms with Crippen LogP contribution in [0.5, 0.6) is 11.5 Å². The number of rotatable bonds is 10. The first-order valence-corrected chi connectivity index (χ1v) is 16.1. The van der Waals surface area contributed by atoms with Gasteiger partial charge in [0.1, 0.15) is 23.1 Å². The van der Waals surface area contributed by atoms with Gasteiger partial charge in [0.15, 0.2) is 0 Å². The fourth-order valence-corrected chi connectivity index (χ4v) is 5.97.